The Kier molecular flexibility index (Phi) is 13.7. The van der Waals surface area contributed by atoms with Gasteiger partial charge in [0.1, 0.15) is 25.2 Å². The van der Waals surface area contributed by atoms with E-state index in [2.05, 4.69) is 48.6 Å². The van der Waals surface area contributed by atoms with E-state index < -0.39 is 18.1 Å². The number of ether oxygens (including phenoxy) is 4. The Labute approximate surface area is 368 Å². The minimum Gasteiger partial charge on any atom is -0.475 e. The molecule has 16 heteroatoms. The molecule has 0 aliphatic carbocycles. The van der Waals surface area contributed by atoms with E-state index in [0.717, 1.165) is 54.6 Å². The number of carbonyl (C=O) groups excluding carboxylic acids is 2. The fraction of sp³-hybridized carbons (Fsp3) is 0.362. The maximum Gasteiger partial charge on any atom is 0.254 e. The number of amides is 2. The Bertz CT molecular complexity index is 2630. The number of H-pyrrole nitrogens is 1. The molecule has 4 atom stereocenters. The van der Waals surface area contributed by atoms with Crippen LogP contribution in [0.15, 0.2) is 95.4 Å². The second-order valence-electron chi connectivity index (χ2n) is 15.9. The molecule has 3 N–H and O–H groups in total. The van der Waals surface area contributed by atoms with Crippen LogP contribution in [0.5, 0.6) is 11.8 Å². The van der Waals surface area contributed by atoms with Gasteiger partial charge in [-0.1, -0.05) is 50.2 Å². The average molecular weight is 874 g/mol. The van der Waals surface area contributed by atoms with Crippen molar-refractivity contribution in [1.82, 2.24) is 35.3 Å². The molecule has 1 saturated heterocycles. The zero-order chi connectivity index (χ0) is 43.9. The predicted octanol–water partition coefficient (Wildman–Crippen LogP) is 7.27. The van der Waals surface area contributed by atoms with E-state index in [4.69, 9.17) is 23.5 Å². The van der Waals surface area contributed by atoms with Crippen molar-refractivity contribution in [2.75, 3.05) is 46.2 Å². The van der Waals surface area contributed by atoms with Crippen LogP contribution >= 0.6 is 11.3 Å². The Morgan fingerprint density at radius 3 is 2.30 bits per heavy atom. The lowest BCUT2D eigenvalue weighted by atomic mass is 9.91. The number of aromatic amines is 1. The number of rotatable bonds is 19. The number of nitrogens with zero attached hydrogens (tertiary/aromatic N) is 5. The number of carbonyl (C=O) groups is 2. The second-order valence-corrected chi connectivity index (χ2v) is 16.8. The number of hydrogen-bond acceptors (Lipinski definition) is 13. The van der Waals surface area contributed by atoms with Gasteiger partial charge >= 0.3 is 0 Å². The summed E-state index contributed by atoms with van der Waals surface area (Å²) in [5.41, 5.74) is 8.93. The number of aliphatic hydroxyl groups excluding tert-OH is 1. The minimum absolute atomic E-state index is 0.0399. The molecule has 1 aliphatic rings. The van der Waals surface area contributed by atoms with Crippen molar-refractivity contribution in [2.24, 2.45) is 5.92 Å². The van der Waals surface area contributed by atoms with Gasteiger partial charge in [0.2, 0.25) is 17.7 Å². The Balaban J connectivity index is 0.733. The molecule has 1 fully saturated rings. The van der Waals surface area contributed by atoms with Crippen LogP contribution in [0.4, 0.5) is 0 Å². The van der Waals surface area contributed by atoms with E-state index in [-0.39, 0.29) is 55.8 Å². The number of aliphatic hydroxyl groups is 1. The maximum absolute atomic E-state index is 14.1. The molecule has 63 heavy (non-hydrogen) atoms. The van der Waals surface area contributed by atoms with Gasteiger partial charge in [-0.2, -0.15) is 0 Å². The van der Waals surface area contributed by atoms with Crippen LogP contribution in [0.3, 0.4) is 0 Å². The summed E-state index contributed by atoms with van der Waals surface area (Å²) in [7, 11) is 0. The van der Waals surface area contributed by atoms with E-state index in [1.165, 1.54) is 4.90 Å². The van der Waals surface area contributed by atoms with Gasteiger partial charge < -0.3 is 43.8 Å². The largest absolute Gasteiger partial charge is 0.475 e. The first-order valence-corrected chi connectivity index (χ1v) is 22.0. The number of β-amino-alcohol motifs (C(OH)–C–C–N with tert-alkyl or cyclic N) is 1. The normalized spacial score (nSPS) is 16.2. The maximum atomic E-state index is 14.1. The summed E-state index contributed by atoms with van der Waals surface area (Å²) in [6.07, 6.45) is 4.76. The van der Waals surface area contributed by atoms with Crippen LogP contribution in [0.1, 0.15) is 56.2 Å². The summed E-state index contributed by atoms with van der Waals surface area (Å²) < 4.78 is 28.4. The molecule has 7 aromatic rings. The van der Waals surface area contributed by atoms with E-state index in [1.54, 1.807) is 29.8 Å². The molecule has 0 saturated carbocycles. The number of aromatic nitrogens is 5. The summed E-state index contributed by atoms with van der Waals surface area (Å²) in [5.74, 6) is -0.531. The molecule has 6 heterocycles. The van der Waals surface area contributed by atoms with Gasteiger partial charge in [0.05, 0.1) is 54.7 Å². The predicted molar refractivity (Wildman–Crippen MR) is 239 cm³/mol. The highest BCUT2D eigenvalue weighted by Gasteiger charge is 2.43. The van der Waals surface area contributed by atoms with Gasteiger partial charge in [0.25, 0.3) is 5.88 Å². The zero-order valence-corrected chi connectivity index (χ0v) is 36.5. The van der Waals surface area contributed by atoms with Crippen molar-refractivity contribution in [3.05, 3.63) is 108 Å². The molecule has 1 aliphatic heterocycles. The fourth-order valence-corrected chi connectivity index (χ4v) is 8.71. The van der Waals surface area contributed by atoms with Crippen LogP contribution in [0.2, 0.25) is 0 Å². The Hall–Kier alpha value is -6.20. The lowest BCUT2D eigenvalue weighted by Crippen LogP contribution is -2.48. The van der Waals surface area contributed by atoms with Gasteiger partial charge in [-0.05, 0) is 59.8 Å². The first-order valence-electron chi connectivity index (χ1n) is 21.1. The summed E-state index contributed by atoms with van der Waals surface area (Å²) in [6.45, 7) is 9.65. The van der Waals surface area contributed by atoms with Crippen LogP contribution in [0, 0.1) is 12.8 Å². The highest BCUT2D eigenvalue weighted by atomic mass is 32.1. The van der Waals surface area contributed by atoms with E-state index >= 15 is 0 Å². The molecule has 0 spiro atoms. The molecule has 5 aromatic heterocycles. The van der Waals surface area contributed by atoms with Crippen molar-refractivity contribution < 1.29 is 38.2 Å². The van der Waals surface area contributed by atoms with Gasteiger partial charge in [-0.3, -0.25) is 14.6 Å². The van der Waals surface area contributed by atoms with Crippen molar-refractivity contribution in [1.29, 1.82) is 0 Å². The number of aryl methyl sites for hydroxylation is 1. The molecule has 8 rings (SSSR count). The Morgan fingerprint density at radius 2 is 1.59 bits per heavy atom. The number of fused-ring (bicyclic) bond motifs is 3. The summed E-state index contributed by atoms with van der Waals surface area (Å²) in [6, 6.07) is 20.5. The monoisotopic (exact) mass is 873 g/mol. The van der Waals surface area contributed by atoms with Crippen molar-refractivity contribution >= 4 is 45.0 Å². The first kappa shape index (κ1) is 43.4. The molecule has 0 radical (unpaired) electrons. The Morgan fingerprint density at radius 1 is 0.857 bits per heavy atom. The van der Waals surface area contributed by atoms with Crippen LogP contribution in [-0.2, 0) is 19.1 Å². The third-order valence-corrected chi connectivity index (χ3v) is 12.2. The molecule has 1 unspecified atom stereocenters. The van der Waals surface area contributed by atoms with Gasteiger partial charge in [-0.25, -0.2) is 9.97 Å². The second kappa shape index (κ2) is 19.9. The molecule has 328 valence electrons. The topological polar surface area (TPSA) is 187 Å². The van der Waals surface area contributed by atoms with Crippen LogP contribution in [0.25, 0.3) is 43.4 Å². The quantitative estimate of drug-likeness (QED) is 0.0692. The minimum atomic E-state index is -0.838. The summed E-state index contributed by atoms with van der Waals surface area (Å²) in [4.78, 5) is 46.7. The number of nitrogens with one attached hydrogen (secondary N) is 2. The molecular formula is C47H51N7O8S. The molecular weight excluding hydrogens is 823 g/mol. The van der Waals surface area contributed by atoms with Crippen LogP contribution < -0.4 is 14.8 Å². The zero-order valence-electron chi connectivity index (χ0n) is 35.7. The lowest BCUT2D eigenvalue weighted by Gasteiger charge is -2.29. The number of likely N-dealkylation sites (tertiary alicyclic amines) is 1. The van der Waals surface area contributed by atoms with Gasteiger partial charge in [0.15, 0.2) is 5.76 Å². The third kappa shape index (κ3) is 10.2. The number of pyridine rings is 2. The highest BCUT2D eigenvalue weighted by Crippen LogP contribution is 2.34. The standard InChI is InChI=1S/C47H51N7O8S/c1-28(2)44(47(57)54-26-35(55)22-40(54)46(56)51-29(3)31-5-7-32(8-6-31)45-30(4)50-27-63-45)41-23-43(53-62-41)61-20-18-59-16-15-58-17-19-60-42-12-10-34(24-49-42)33-9-11-36-37-25-48-14-13-38(37)52-39(36)21-33/h5-14,21,23-25,27-29,35,40,44,52,55H,15-20,22,26H2,1-4H3,(H,51,56)/t29-,35+,40-,44?/m0/s1. The molecule has 2 aromatic carbocycles. The summed E-state index contributed by atoms with van der Waals surface area (Å²) >= 11 is 1.59. The van der Waals surface area contributed by atoms with Crippen molar-refractivity contribution in [3.63, 3.8) is 0 Å². The van der Waals surface area contributed by atoms with Crippen LogP contribution in [-0.4, -0.2) is 105 Å². The number of thiazole rings is 1. The van der Waals surface area contributed by atoms with Gasteiger partial charge in [-0.15, -0.1) is 11.3 Å². The fourth-order valence-electron chi connectivity index (χ4n) is 7.90. The lowest BCUT2D eigenvalue weighted by molar-refractivity contribution is -0.141. The van der Waals surface area contributed by atoms with Crippen molar-refractivity contribution in [2.45, 2.75) is 58.2 Å². The first-order chi connectivity index (χ1) is 30.6. The highest BCUT2D eigenvalue weighted by molar-refractivity contribution is 7.13. The molecule has 15 nitrogen and oxygen atoms in total. The van der Waals surface area contributed by atoms with Gasteiger partial charge in [0, 0.05) is 71.1 Å². The SMILES string of the molecule is Cc1ncsc1-c1ccc([C@H](C)NC(=O)[C@@H]2C[C@@H](O)CN2C(=O)C(c2cc(OCCOCCOCCOc3ccc(-c4ccc5c(c4)[nH]c4ccncc45)cn3)no2)C(C)C)cc1. The molecule has 0 bridgehead atoms. The molecule has 2 amide bonds. The van der Waals surface area contributed by atoms with E-state index in [0.29, 0.717) is 38.1 Å². The summed E-state index contributed by atoms with van der Waals surface area (Å²) in [5, 5.41) is 19.9. The third-order valence-electron chi connectivity index (χ3n) is 11.2. The van der Waals surface area contributed by atoms with E-state index in [9.17, 15) is 14.7 Å². The average Bonchev–Trinajstić information content (AvgIpc) is 4.10. The smallest absolute Gasteiger partial charge is 0.254 e. The van der Waals surface area contributed by atoms with E-state index in [1.807, 2.05) is 81.9 Å². The number of hydrogen-bond donors (Lipinski definition) is 3. The number of benzene rings is 2. The van der Waals surface area contributed by atoms with Crippen molar-refractivity contribution in [3.8, 4) is 33.3 Å².